The molecule has 0 fully saturated rings. The first kappa shape index (κ1) is 10.9. The van der Waals surface area contributed by atoms with E-state index in [4.69, 9.17) is 10.5 Å². The van der Waals surface area contributed by atoms with Crippen LogP contribution in [0.5, 0.6) is 5.75 Å². The number of methoxy groups -OCH3 is 1. The third-order valence-electron chi connectivity index (χ3n) is 1.51. The van der Waals surface area contributed by atoms with Crippen molar-refractivity contribution in [3.8, 4) is 5.75 Å². The molecule has 0 atom stereocenters. The zero-order valence-electron chi connectivity index (χ0n) is 7.42. The van der Waals surface area contributed by atoms with E-state index in [0.717, 1.165) is 16.0 Å². The maximum Gasteiger partial charge on any atom is 0.120 e. The van der Waals surface area contributed by atoms with E-state index in [0.29, 0.717) is 6.54 Å². The lowest BCUT2D eigenvalue weighted by atomic mass is 10.3. The Labute approximate surface area is 91.0 Å². The summed E-state index contributed by atoms with van der Waals surface area (Å²) in [6, 6.07) is 5.92. The summed E-state index contributed by atoms with van der Waals surface area (Å²) in [6.45, 7) is 0.689. The molecule has 0 aliphatic heterocycles. The lowest BCUT2D eigenvalue weighted by molar-refractivity contribution is 0.413. The summed E-state index contributed by atoms with van der Waals surface area (Å²) in [7, 11) is 1.67. The van der Waals surface area contributed by atoms with Crippen molar-refractivity contribution >= 4 is 27.7 Å². The van der Waals surface area contributed by atoms with Crippen molar-refractivity contribution in [1.29, 1.82) is 0 Å². The quantitative estimate of drug-likeness (QED) is 0.847. The third kappa shape index (κ3) is 3.21. The highest BCUT2D eigenvalue weighted by Crippen LogP contribution is 2.30. The standard InChI is InChI=1S/C9H12BrNOS/c1-12-7-2-3-8(10)9(6-7)13-5-4-11/h2-3,6H,4-5,11H2,1H3. The summed E-state index contributed by atoms with van der Waals surface area (Å²) in [4.78, 5) is 1.17. The highest BCUT2D eigenvalue weighted by atomic mass is 79.9. The second-order valence-electron chi connectivity index (χ2n) is 2.43. The minimum Gasteiger partial charge on any atom is -0.497 e. The first-order valence-electron chi connectivity index (χ1n) is 3.94. The maximum atomic E-state index is 5.43. The number of hydrogen-bond donors (Lipinski definition) is 1. The van der Waals surface area contributed by atoms with E-state index in [9.17, 15) is 0 Å². The van der Waals surface area contributed by atoms with Crippen molar-refractivity contribution in [2.75, 3.05) is 19.4 Å². The molecular formula is C9H12BrNOS. The van der Waals surface area contributed by atoms with Gasteiger partial charge in [0.15, 0.2) is 0 Å². The van der Waals surface area contributed by atoms with Gasteiger partial charge in [-0.2, -0.15) is 0 Å². The van der Waals surface area contributed by atoms with Gasteiger partial charge in [0, 0.05) is 21.7 Å². The van der Waals surface area contributed by atoms with E-state index in [2.05, 4.69) is 15.9 Å². The summed E-state index contributed by atoms with van der Waals surface area (Å²) in [5, 5.41) is 0. The Morgan fingerprint density at radius 3 is 2.92 bits per heavy atom. The van der Waals surface area contributed by atoms with Crippen molar-refractivity contribution in [3.05, 3.63) is 22.7 Å². The average Bonchev–Trinajstić information content (AvgIpc) is 2.17. The molecule has 0 heterocycles. The zero-order chi connectivity index (χ0) is 9.68. The van der Waals surface area contributed by atoms with Crippen molar-refractivity contribution in [2.24, 2.45) is 5.73 Å². The van der Waals surface area contributed by atoms with Crippen LogP contribution < -0.4 is 10.5 Å². The van der Waals surface area contributed by atoms with E-state index < -0.39 is 0 Å². The minimum atomic E-state index is 0.689. The van der Waals surface area contributed by atoms with E-state index in [-0.39, 0.29) is 0 Å². The summed E-state index contributed by atoms with van der Waals surface area (Å²) in [5.74, 6) is 1.80. The SMILES string of the molecule is COc1ccc(Br)c(SCCN)c1. The zero-order valence-corrected chi connectivity index (χ0v) is 9.82. The van der Waals surface area contributed by atoms with E-state index in [1.807, 2.05) is 18.2 Å². The number of hydrogen-bond acceptors (Lipinski definition) is 3. The molecule has 13 heavy (non-hydrogen) atoms. The van der Waals surface area contributed by atoms with Crippen molar-refractivity contribution in [2.45, 2.75) is 4.90 Å². The molecule has 0 unspecified atom stereocenters. The van der Waals surface area contributed by atoms with Crippen LogP contribution >= 0.6 is 27.7 Å². The molecule has 0 radical (unpaired) electrons. The number of thioether (sulfide) groups is 1. The highest BCUT2D eigenvalue weighted by molar-refractivity contribution is 9.10. The largest absolute Gasteiger partial charge is 0.497 e. The Morgan fingerprint density at radius 2 is 2.31 bits per heavy atom. The summed E-state index contributed by atoms with van der Waals surface area (Å²) >= 11 is 5.20. The predicted octanol–water partition coefficient (Wildman–Crippen LogP) is 2.51. The van der Waals surface area contributed by atoms with Gasteiger partial charge in [-0.05, 0) is 34.1 Å². The van der Waals surface area contributed by atoms with Crippen molar-refractivity contribution in [1.82, 2.24) is 0 Å². The first-order chi connectivity index (χ1) is 6.27. The lowest BCUT2D eigenvalue weighted by Crippen LogP contribution is -2.00. The number of nitrogens with two attached hydrogens (primary N) is 1. The summed E-state index contributed by atoms with van der Waals surface area (Å²) in [6.07, 6.45) is 0. The van der Waals surface area contributed by atoms with Crippen LogP contribution in [0.4, 0.5) is 0 Å². The van der Waals surface area contributed by atoms with Crippen LogP contribution in [0.1, 0.15) is 0 Å². The van der Waals surface area contributed by atoms with Gasteiger partial charge in [0.1, 0.15) is 5.75 Å². The molecular weight excluding hydrogens is 250 g/mol. The van der Waals surface area contributed by atoms with Crippen LogP contribution in [0.15, 0.2) is 27.6 Å². The Morgan fingerprint density at radius 1 is 1.54 bits per heavy atom. The fourth-order valence-corrected chi connectivity index (χ4v) is 2.22. The number of halogens is 1. The second-order valence-corrected chi connectivity index (χ2v) is 4.42. The van der Waals surface area contributed by atoms with Gasteiger partial charge in [0.25, 0.3) is 0 Å². The molecule has 0 aliphatic carbocycles. The number of ether oxygens (including phenoxy) is 1. The third-order valence-corrected chi connectivity index (χ3v) is 3.56. The van der Waals surface area contributed by atoms with Crippen molar-refractivity contribution < 1.29 is 4.74 Å². The minimum absolute atomic E-state index is 0.689. The van der Waals surface area contributed by atoms with E-state index in [1.54, 1.807) is 18.9 Å². The van der Waals surface area contributed by atoms with Gasteiger partial charge in [-0.1, -0.05) is 0 Å². The fourth-order valence-electron chi connectivity index (χ4n) is 0.890. The van der Waals surface area contributed by atoms with Gasteiger partial charge in [-0.3, -0.25) is 0 Å². The topological polar surface area (TPSA) is 35.2 Å². The lowest BCUT2D eigenvalue weighted by Gasteiger charge is -2.05. The molecule has 0 aromatic heterocycles. The van der Waals surface area contributed by atoms with Crippen LogP contribution in [-0.4, -0.2) is 19.4 Å². The molecule has 0 amide bonds. The van der Waals surface area contributed by atoms with Crippen LogP contribution in [0.2, 0.25) is 0 Å². The van der Waals surface area contributed by atoms with Crippen LogP contribution in [0, 0.1) is 0 Å². The molecule has 0 bridgehead atoms. The molecule has 0 saturated heterocycles. The molecule has 2 nitrogen and oxygen atoms in total. The average molecular weight is 262 g/mol. The van der Waals surface area contributed by atoms with Gasteiger partial charge in [0.05, 0.1) is 7.11 Å². The number of rotatable bonds is 4. The van der Waals surface area contributed by atoms with Crippen LogP contribution in [-0.2, 0) is 0 Å². The molecule has 1 aromatic carbocycles. The van der Waals surface area contributed by atoms with Crippen LogP contribution in [0.25, 0.3) is 0 Å². The van der Waals surface area contributed by atoms with Gasteiger partial charge in [0.2, 0.25) is 0 Å². The number of benzene rings is 1. The maximum absolute atomic E-state index is 5.43. The molecule has 4 heteroatoms. The van der Waals surface area contributed by atoms with Gasteiger partial charge in [-0.25, -0.2) is 0 Å². The molecule has 0 saturated carbocycles. The van der Waals surface area contributed by atoms with E-state index in [1.165, 1.54) is 4.90 Å². The Hall–Kier alpha value is -0.190. The Kier molecular flexibility index (Phi) is 4.62. The first-order valence-corrected chi connectivity index (χ1v) is 5.72. The second kappa shape index (κ2) is 5.52. The monoisotopic (exact) mass is 261 g/mol. The molecule has 1 rings (SSSR count). The normalized spacial score (nSPS) is 10.1. The molecule has 72 valence electrons. The van der Waals surface area contributed by atoms with Gasteiger partial charge in [-0.15, -0.1) is 11.8 Å². The van der Waals surface area contributed by atoms with Gasteiger partial charge >= 0.3 is 0 Å². The summed E-state index contributed by atoms with van der Waals surface area (Å²) < 4.78 is 6.21. The molecule has 0 aliphatic rings. The van der Waals surface area contributed by atoms with E-state index >= 15 is 0 Å². The fraction of sp³-hybridized carbons (Fsp3) is 0.333. The smallest absolute Gasteiger partial charge is 0.120 e. The Bertz CT molecular complexity index is 280. The highest BCUT2D eigenvalue weighted by Gasteiger charge is 2.01. The van der Waals surface area contributed by atoms with Gasteiger partial charge < -0.3 is 10.5 Å². The van der Waals surface area contributed by atoms with Crippen molar-refractivity contribution in [3.63, 3.8) is 0 Å². The molecule has 0 spiro atoms. The van der Waals surface area contributed by atoms with Crippen LogP contribution in [0.3, 0.4) is 0 Å². The predicted molar refractivity (Wildman–Crippen MR) is 60.5 cm³/mol. The molecule has 2 N–H and O–H groups in total. The molecule has 1 aromatic rings. The Balaban J connectivity index is 2.78. The summed E-state index contributed by atoms with van der Waals surface area (Å²) in [5.41, 5.74) is 5.43.